The maximum absolute atomic E-state index is 8.68. The minimum atomic E-state index is -0.0973. The molecule has 0 aliphatic heterocycles. The molecule has 0 amide bonds. The average Bonchev–Trinajstić information content (AvgIpc) is 3.00. The van der Waals surface area contributed by atoms with Gasteiger partial charge in [-0.05, 0) is 18.9 Å². The Kier molecular flexibility index (Phi) is 8.58. The Labute approximate surface area is 167 Å². The number of aromatic nitrogens is 3. The van der Waals surface area contributed by atoms with Crippen LogP contribution < -0.4 is 5.73 Å². The monoisotopic (exact) mass is 410 g/mol. The molecule has 3 rings (SSSR count). The molecule has 0 aliphatic rings. The van der Waals surface area contributed by atoms with Gasteiger partial charge < -0.3 is 10.8 Å². The molecule has 0 fully saturated rings. The summed E-state index contributed by atoms with van der Waals surface area (Å²) in [5.74, 6) is 0.794. The number of unbranched alkanes of at least 4 members (excludes halogenated alkanes) is 1. The SMILES string of the molecule is CCCCC(C)O.Nc1nc2nc(SCc3ccccc3)nc(Cl)c2s1. The lowest BCUT2D eigenvalue weighted by Gasteiger charge is -2.01. The predicted molar refractivity (Wildman–Crippen MR) is 112 cm³/mol. The van der Waals surface area contributed by atoms with E-state index in [1.165, 1.54) is 35.1 Å². The number of nitrogens with two attached hydrogens (primary N) is 1. The lowest BCUT2D eigenvalue weighted by Crippen LogP contribution is -1.97. The first kappa shape index (κ1) is 20.9. The van der Waals surface area contributed by atoms with E-state index in [4.69, 9.17) is 22.4 Å². The first-order valence-corrected chi connectivity index (χ1v) is 10.6. The van der Waals surface area contributed by atoms with Crippen molar-refractivity contribution >= 4 is 50.2 Å². The molecule has 8 heteroatoms. The molecule has 0 radical (unpaired) electrons. The molecule has 0 spiro atoms. The summed E-state index contributed by atoms with van der Waals surface area (Å²) in [7, 11) is 0. The van der Waals surface area contributed by atoms with E-state index in [9.17, 15) is 0 Å². The number of thioether (sulfide) groups is 1. The molecule has 2 heterocycles. The molecule has 0 saturated heterocycles. The summed E-state index contributed by atoms with van der Waals surface area (Å²) in [5, 5.41) is 10.2. The highest BCUT2D eigenvalue weighted by molar-refractivity contribution is 7.98. The molecular formula is C18H23ClN4OS2. The predicted octanol–water partition coefficient (Wildman–Crippen LogP) is 5.17. The van der Waals surface area contributed by atoms with Crippen molar-refractivity contribution in [3.05, 3.63) is 41.0 Å². The van der Waals surface area contributed by atoms with Crippen molar-refractivity contribution in [2.45, 2.75) is 50.1 Å². The van der Waals surface area contributed by atoms with Crippen LogP contribution in [0.1, 0.15) is 38.7 Å². The highest BCUT2D eigenvalue weighted by Gasteiger charge is 2.11. The first-order valence-electron chi connectivity index (χ1n) is 8.44. The largest absolute Gasteiger partial charge is 0.393 e. The zero-order valence-electron chi connectivity index (χ0n) is 14.9. The van der Waals surface area contributed by atoms with Crippen molar-refractivity contribution in [1.29, 1.82) is 0 Å². The van der Waals surface area contributed by atoms with E-state index in [1.54, 1.807) is 0 Å². The zero-order chi connectivity index (χ0) is 18.9. The molecule has 26 heavy (non-hydrogen) atoms. The van der Waals surface area contributed by atoms with Gasteiger partial charge >= 0.3 is 0 Å². The maximum atomic E-state index is 8.68. The van der Waals surface area contributed by atoms with Crippen molar-refractivity contribution in [2.24, 2.45) is 0 Å². The number of benzene rings is 1. The van der Waals surface area contributed by atoms with Crippen LogP contribution in [-0.2, 0) is 5.75 Å². The number of rotatable bonds is 6. The number of aliphatic hydroxyl groups excluding tert-OH is 1. The van der Waals surface area contributed by atoms with Crippen LogP contribution in [0.25, 0.3) is 10.3 Å². The quantitative estimate of drug-likeness (QED) is 0.331. The molecule has 3 N–H and O–H groups in total. The van der Waals surface area contributed by atoms with Crippen molar-refractivity contribution in [3.8, 4) is 0 Å². The van der Waals surface area contributed by atoms with E-state index < -0.39 is 0 Å². The fourth-order valence-corrected chi connectivity index (χ4v) is 3.85. The van der Waals surface area contributed by atoms with Gasteiger partial charge in [0.1, 0.15) is 4.70 Å². The number of nitrogens with zero attached hydrogens (tertiary/aromatic N) is 3. The summed E-state index contributed by atoms with van der Waals surface area (Å²) in [5.41, 5.74) is 7.43. The van der Waals surface area contributed by atoms with Gasteiger partial charge in [0, 0.05) is 5.75 Å². The molecule has 1 aromatic carbocycles. The fraction of sp³-hybridized carbons (Fsp3) is 0.389. The van der Waals surface area contributed by atoms with Crippen molar-refractivity contribution in [1.82, 2.24) is 15.0 Å². The summed E-state index contributed by atoms with van der Waals surface area (Å²) in [6, 6.07) is 10.1. The molecule has 1 atom stereocenters. The van der Waals surface area contributed by atoms with Crippen molar-refractivity contribution in [2.75, 3.05) is 5.73 Å². The number of hydrogen-bond donors (Lipinski definition) is 2. The van der Waals surface area contributed by atoms with Crippen LogP contribution in [0.2, 0.25) is 5.15 Å². The standard InChI is InChI=1S/C12H9ClN4S2.C6H14O/c13-9-8-10(16-11(14)19-8)17-12(15-9)18-6-7-4-2-1-3-5-7;1-3-4-5-6(2)7/h1-5H,6H2,(H2,14,15,16,17);6-7H,3-5H2,1-2H3. The van der Waals surface area contributed by atoms with E-state index in [1.807, 2.05) is 25.1 Å². The second-order valence-electron chi connectivity index (χ2n) is 5.77. The molecule has 1 unspecified atom stereocenters. The maximum Gasteiger partial charge on any atom is 0.191 e. The van der Waals surface area contributed by atoms with Crippen molar-refractivity contribution < 1.29 is 5.11 Å². The van der Waals surface area contributed by atoms with Crippen LogP contribution in [0.4, 0.5) is 5.13 Å². The molecule has 3 aromatic rings. The number of fused-ring (bicyclic) bond motifs is 1. The summed E-state index contributed by atoms with van der Waals surface area (Å²) < 4.78 is 0.739. The third-order valence-electron chi connectivity index (χ3n) is 3.39. The second-order valence-corrected chi connectivity index (χ2v) is 8.10. The highest BCUT2D eigenvalue weighted by Crippen LogP contribution is 2.30. The van der Waals surface area contributed by atoms with E-state index >= 15 is 0 Å². The molecule has 140 valence electrons. The van der Waals surface area contributed by atoms with Crippen LogP contribution >= 0.6 is 34.7 Å². The van der Waals surface area contributed by atoms with Gasteiger partial charge in [-0.2, -0.15) is 0 Å². The Morgan fingerprint density at radius 3 is 2.58 bits per heavy atom. The Balaban J connectivity index is 0.000000298. The smallest absolute Gasteiger partial charge is 0.191 e. The lowest BCUT2D eigenvalue weighted by molar-refractivity contribution is 0.181. The minimum absolute atomic E-state index is 0.0973. The molecule has 0 aliphatic carbocycles. The summed E-state index contributed by atoms with van der Waals surface area (Å²) in [6.07, 6.45) is 3.19. The highest BCUT2D eigenvalue weighted by atomic mass is 35.5. The molecule has 0 saturated carbocycles. The Morgan fingerprint density at radius 1 is 1.23 bits per heavy atom. The van der Waals surface area contributed by atoms with Gasteiger partial charge in [-0.3, -0.25) is 0 Å². The first-order chi connectivity index (χ1) is 12.5. The molecular weight excluding hydrogens is 388 g/mol. The van der Waals surface area contributed by atoms with Crippen molar-refractivity contribution in [3.63, 3.8) is 0 Å². The van der Waals surface area contributed by atoms with Gasteiger partial charge in [0.15, 0.2) is 21.1 Å². The van der Waals surface area contributed by atoms with Crippen LogP contribution in [0.5, 0.6) is 0 Å². The van der Waals surface area contributed by atoms with Gasteiger partial charge in [-0.1, -0.05) is 84.8 Å². The molecule has 5 nitrogen and oxygen atoms in total. The number of nitrogen functional groups attached to an aromatic ring is 1. The van der Waals surface area contributed by atoms with Gasteiger partial charge in [0.2, 0.25) is 0 Å². The number of hydrogen-bond acceptors (Lipinski definition) is 7. The third kappa shape index (κ3) is 6.72. The molecule has 0 bridgehead atoms. The third-order valence-corrected chi connectivity index (χ3v) is 5.58. The zero-order valence-corrected chi connectivity index (χ0v) is 17.2. The normalized spacial score (nSPS) is 11.8. The van der Waals surface area contributed by atoms with Gasteiger partial charge in [0.05, 0.1) is 6.10 Å². The second kappa shape index (κ2) is 10.7. The molecule has 2 aromatic heterocycles. The van der Waals surface area contributed by atoms with Crippen LogP contribution in [-0.4, -0.2) is 26.2 Å². The van der Waals surface area contributed by atoms with Crippen LogP contribution in [0.15, 0.2) is 35.5 Å². The lowest BCUT2D eigenvalue weighted by atomic mass is 10.2. The number of aliphatic hydroxyl groups is 1. The fourth-order valence-electron chi connectivity index (χ4n) is 2.07. The van der Waals surface area contributed by atoms with Crippen LogP contribution in [0.3, 0.4) is 0 Å². The Morgan fingerprint density at radius 2 is 1.96 bits per heavy atom. The number of thiazole rings is 1. The summed E-state index contributed by atoms with van der Waals surface area (Å²) in [6.45, 7) is 3.96. The number of anilines is 1. The average molecular weight is 411 g/mol. The topological polar surface area (TPSA) is 84.9 Å². The van der Waals surface area contributed by atoms with Gasteiger partial charge in [-0.15, -0.1) is 0 Å². The summed E-state index contributed by atoms with van der Waals surface area (Å²) in [4.78, 5) is 12.8. The number of halogens is 1. The van der Waals surface area contributed by atoms with Crippen LogP contribution in [0, 0.1) is 0 Å². The van der Waals surface area contributed by atoms with Gasteiger partial charge in [0.25, 0.3) is 0 Å². The Bertz CT molecular complexity index is 812. The Hall–Kier alpha value is -1.41. The van der Waals surface area contributed by atoms with E-state index in [0.29, 0.717) is 21.1 Å². The van der Waals surface area contributed by atoms with E-state index in [0.717, 1.165) is 23.3 Å². The van der Waals surface area contributed by atoms with E-state index in [-0.39, 0.29) is 6.10 Å². The van der Waals surface area contributed by atoms with E-state index in [2.05, 4.69) is 34.0 Å². The van der Waals surface area contributed by atoms with Gasteiger partial charge in [-0.25, -0.2) is 15.0 Å². The summed E-state index contributed by atoms with van der Waals surface area (Å²) >= 11 is 8.94. The minimum Gasteiger partial charge on any atom is -0.393 e.